The molecule has 0 spiro atoms. The summed E-state index contributed by atoms with van der Waals surface area (Å²) in [6, 6.07) is 7.32. The number of nitrogens with two attached hydrogens (primary N) is 1. The molecular formula is C14H22N2O3S. The van der Waals surface area contributed by atoms with Crippen molar-refractivity contribution in [1.82, 2.24) is 4.31 Å². The van der Waals surface area contributed by atoms with E-state index in [9.17, 15) is 13.5 Å². The van der Waals surface area contributed by atoms with Crippen LogP contribution in [0.25, 0.3) is 0 Å². The summed E-state index contributed by atoms with van der Waals surface area (Å²) in [6.45, 7) is 3.12. The van der Waals surface area contributed by atoms with E-state index in [1.54, 1.807) is 0 Å². The zero-order valence-corrected chi connectivity index (χ0v) is 12.5. The molecule has 6 heteroatoms. The predicted octanol–water partition coefficient (Wildman–Crippen LogP) is 0.678. The molecule has 3 N–H and O–H groups in total. The van der Waals surface area contributed by atoms with Gasteiger partial charge in [0, 0.05) is 19.6 Å². The molecule has 1 fully saturated rings. The van der Waals surface area contributed by atoms with Gasteiger partial charge in [-0.1, -0.05) is 31.2 Å². The van der Waals surface area contributed by atoms with E-state index in [0.29, 0.717) is 26.1 Å². The lowest BCUT2D eigenvalue weighted by Crippen LogP contribution is -2.45. The van der Waals surface area contributed by atoms with Gasteiger partial charge in [0.1, 0.15) is 0 Å². The molecule has 5 nitrogen and oxygen atoms in total. The first-order chi connectivity index (χ1) is 9.42. The smallest absolute Gasteiger partial charge is 0.218 e. The first-order valence-electron chi connectivity index (χ1n) is 6.86. The van der Waals surface area contributed by atoms with Crippen molar-refractivity contribution in [2.24, 2.45) is 11.7 Å². The number of hydrogen-bond donors (Lipinski definition) is 2. The van der Waals surface area contributed by atoms with E-state index in [0.717, 1.165) is 11.1 Å². The first-order valence-corrected chi connectivity index (χ1v) is 8.47. The maximum absolute atomic E-state index is 12.4. The zero-order valence-electron chi connectivity index (χ0n) is 11.7. The molecule has 0 aliphatic carbocycles. The Kier molecular flexibility index (Phi) is 4.80. The Morgan fingerprint density at radius 3 is 2.45 bits per heavy atom. The third-order valence-electron chi connectivity index (χ3n) is 3.82. The van der Waals surface area contributed by atoms with Crippen molar-refractivity contribution < 1.29 is 13.5 Å². The summed E-state index contributed by atoms with van der Waals surface area (Å²) in [5.74, 6) is -0.0149. The van der Waals surface area contributed by atoms with Crippen molar-refractivity contribution in [1.29, 1.82) is 0 Å². The Balaban J connectivity index is 2.06. The van der Waals surface area contributed by atoms with Gasteiger partial charge in [0.2, 0.25) is 10.0 Å². The summed E-state index contributed by atoms with van der Waals surface area (Å²) in [7, 11) is -3.32. The van der Waals surface area contributed by atoms with Gasteiger partial charge in [-0.15, -0.1) is 0 Å². The lowest BCUT2D eigenvalue weighted by atomic mass is 9.99. The minimum absolute atomic E-state index is 0.000661. The standard InChI is InChI=1S/C14H22N2O3S/c1-11-9-16(7-6-14(11)17)20(18,19)10-13-4-2-12(8-15)3-5-13/h2-5,11,14,17H,6-10,15H2,1H3. The fourth-order valence-electron chi connectivity index (χ4n) is 2.42. The highest BCUT2D eigenvalue weighted by Crippen LogP contribution is 2.21. The van der Waals surface area contributed by atoms with Crippen LogP contribution in [0.15, 0.2) is 24.3 Å². The Morgan fingerprint density at radius 2 is 1.90 bits per heavy atom. The van der Waals surface area contributed by atoms with E-state index in [1.807, 2.05) is 31.2 Å². The molecule has 1 aliphatic rings. The molecule has 0 saturated carbocycles. The average molecular weight is 298 g/mol. The minimum atomic E-state index is -3.32. The van der Waals surface area contributed by atoms with Gasteiger partial charge in [-0.2, -0.15) is 0 Å². The van der Waals surface area contributed by atoms with Gasteiger partial charge in [-0.05, 0) is 23.5 Å². The van der Waals surface area contributed by atoms with Gasteiger partial charge in [-0.3, -0.25) is 0 Å². The topological polar surface area (TPSA) is 83.6 Å². The van der Waals surface area contributed by atoms with E-state index in [2.05, 4.69) is 0 Å². The highest BCUT2D eigenvalue weighted by molar-refractivity contribution is 7.88. The van der Waals surface area contributed by atoms with Crippen LogP contribution in [0.4, 0.5) is 0 Å². The monoisotopic (exact) mass is 298 g/mol. The van der Waals surface area contributed by atoms with Crippen molar-refractivity contribution in [2.75, 3.05) is 13.1 Å². The predicted molar refractivity (Wildman–Crippen MR) is 78.3 cm³/mol. The molecule has 1 saturated heterocycles. The number of aliphatic hydroxyl groups excluding tert-OH is 1. The van der Waals surface area contributed by atoms with Crippen LogP contribution in [-0.4, -0.2) is 37.0 Å². The lowest BCUT2D eigenvalue weighted by Gasteiger charge is -2.33. The van der Waals surface area contributed by atoms with Crippen LogP contribution in [0.5, 0.6) is 0 Å². The number of benzene rings is 1. The molecule has 2 rings (SSSR count). The Labute approximate surface area is 120 Å². The second-order valence-electron chi connectivity index (χ2n) is 5.47. The van der Waals surface area contributed by atoms with Crippen LogP contribution >= 0.6 is 0 Å². The van der Waals surface area contributed by atoms with Gasteiger partial charge in [-0.25, -0.2) is 12.7 Å². The van der Waals surface area contributed by atoms with Gasteiger partial charge in [0.15, 0.2) is 0 Å². The second kappa shape index (κ2) is 6.22. The SMILES string of the molecule is CC1CN(S(=O)(=O)Cc2ccc(CN)cc2)CCC1O. The largest absolute Gasteiger partial charge is 0.393 e. The normalized spacial score (nSPS) is 24.8. The first kappa shape index (κ1) is 15.4. The molecule has 0 bridgehead atoms. The van der Waals surface area contributed by atoms with E-state index >= 15 is 0 Å². The Morgan fingerprint density at radius 1 is 1.30 bits per heavy atom. The third-order valence-corrected chi connectivity index (χ3v) is 5.64. The summed E-state index contributed by atoms with van der Waals surface area (Å²) in [6.07, 6.45) is 0.109. The number of hydrogen-bond acceptors (Lipinski definition) is 4. The molecule has 112 valence electrons. The molecule has 2 unspecified atom stereocenters. The molecule has 1 heterocycles. The van der Waals surface area contributed by atoms with Crippen LogP contribution < -0.4 is 5.73 Å². The molecular weight excluding hydrogens is 276 g/mol. The van der Waals surface area contributed by atoms with E-state index in [4.69, 9.17) is 5.73 Å². The van der Waals surface area contributed by atoms with Gasteiger partial charge in [0.05, 0.1) is 11.9 Å². The lowest BCUT2D eigenvalue weighted by molar-refractivity contribution is 0.0628. The Hall–Kier alpha value is -0.950. The maximum atomic E-state index is 12.4. The van der Waals surface area contributed by atoms with Crippen molar-refractivity contribution in [3.8, 4) is 0 Å². The van der Waals surface area contributed by atoms with E-state index in [-0.39, 0.29) is 11.7 Å². The molecule has 0 amide bonds. The fraction of sp³-hybridized carbons (Fsp3) is 0.571. The number of piperidine rings is 1. The average Bonchev–Trinajstić information content (AvgIpc) is 2.42. The van der Waals surface area contributed by atoms with Crippen LogP contribution in [-0.2, 0) is 22.3 Å². The Bertz CT molecular complexity index is 542. The van der Waals surface area contributed by atoms with E-state index in [1.165, 1.54) is 4.31 Å². The number of sulfonamides is 1. The van der Waals surface area contributed by atoms with Crippen LogP contribution in [0.2, 0.25) is 0 Å². The number of rotatable bonds is 4. The molecule has 1 aromatic rings. The van der Waals surface area contributed by atoms with Crippen molar-refractivity contribution >= 4 is 10.0 Å². The molecule has 0 aromatic heterocycles. The third kappa shape index (κ3) is 3.58. The summed E-state index contributed by atoms with van der Waals surface area (Å²) < 4.78 is 26.2. The zero-order chi connectivity index (χ0) is 14.8. The van der Waals surface area contributed by atoms with E-state index < -0.39 is 16.1 Å². The maximum Gasteiger partial charge on any atom is 0.218 e. The summed E-state index contributed by atoms with van der Waals surface area (Å²) in [4.78, 5) is 0. The van der Waals surface area contributed by atoms with Crippen LogP contribution in [0.3, 0.4) is 0 Å². The fourth-order valence-corrected chi connectivity index (χ4v) is 4.06. The molecule has 2 atom stereocenters. The van der Waals surface area contributed by atoms with Gasteiger partial charge < -0.3 is 10.8 Å². The quantitative estimate of drug-likeness (QED) is 0.856. The van der Waals surface area contributed by atoms with Crippen LogP contribution in [0.1, 0.15) is 24.5 Å². The van der Waals surface area contributed by atoms with Crippen molar-refractivity contribution in [3.63, 3.8) is 0 Å². The number of aliphatic hydroxyl groups is 1. The minimum Gasteiger partial charge on any atom is -0.393 e. The molecule has 1 aliphatic heterocycles. The molecule has 0 radical (unpaired) electrons. The second-order valence-corrected chi connectivity index (χ2v) is 7.44. The van der Waals surface area contributed by atoms with Crippen LogP contribution in [0, 0.1) is 5.92 Å². The van der Waals surface area contributed by atoms with Crippen molar-refractivity contribution in [3.05, 3.63) is 35.4 Å². The molecule has 1 aromatic carbocycles. The van der Waals surface area contributed by atoms with Crippen molar-refractivity contribution in [2.45, 2.75) is 31.7 Å². The number of nitrogens with zero attached hydrogens (tertiary/aromatic N) is 1. The highest BCUT2D eigenvalue weighted by Gasteiger charge is 2.31. The summed E-state index contributed by atoms with van der Waals surface area (Å²) in [5.41, 5.74) is 7.27. The highest BCUT2D eigenvalue weighted by atomic mass is 32.2. The summed E-state index contributed by atoms with van der Waals surface area (Å²) in [5, 5.41) is 9.68. The summed E-state index contributed by atoms with van der Waals surface area (Å²) >= 11 is 0. The van der Waals surface area contributed by atoms with Gasteiger partial charge >= 0.3 is 0 Å². The molecule has 20 heavy (non-hydrogen) atoms. The van der Waals surface area contributed by atoms with Gasteiger partial charge in [0.25, 0.3) is 0 Å².